The number of carbonyl (C=O) groups excluding carboxylic acids is 2. The third-order valence-corrected chi connectivity index (χ3v) is 1.86. The first-order chi connectivity index (χ1) is 7.54. The van der Waals surface area contributed by atoms with Gasteiger partial charge in [0.25, 0.3) is 11.8 Å². The van der Waals surface area contributed by atoms with Crippen molar-refractivity contribution in [1.82, 2.24) is 15.6 Å². The van der Waals surface area contributed by atoms with E-state index in [1.54, 1.807) is 18.2 Å². The molecule has 0 atom stereocenters. The normalized spacial score (nSPS) is 10.0. The predicted octanol–water partition coefficient (Wildman–Crippen LogP) is 0.579. The Kier molecular flexibility index (Phi) is 3.99. The van der Waals surface area contributed by atoms with E-state index in [2.05, 4.69) is 15.6 Å². The smallest absolute Gasteiger partial charge is 0.270 e. The van der Waals surface area contributed by atoms with E-state index in [0.717, 1.165) is 0 Å². The molecule has 0 radical (unpaired) electrons. The average molecular weight is 221 g/mol. The van der Waals surface area contributed by atoms with Crippen LogP contribution in [0.3, 0.4) is 0 Å². The van der Waals surface area contributed by atoms with Crippen molar-refractivity contribution in [3.05, 3.63) is 29.6 Å². The van der Waals surface area contributed by atoms with Crippen LogP contribution in [0.5, 0.6) is 0 Å². The van der Waals surface area contributed by atoms with Crippen molar-refractivity contribution in [3.63, 3.8) is 0 Å². The van der Waals surface area contributed by atoms with Crippen molar-refractivity contribution in [1.29, 1.82) is 0 Å². The number of nitrogens with zero attached hydrogens (tertiary/aromatic N) is 1. The molecule has 0 aromatic carbocycles. The van der Waals surface area contributed by atoms with E-state index in [1.807, 2.05) is 13.8 Å². The first-order valence-electron chi connectivity index (χ1n) is 5.04. The summed E-state index contributed by atoms with van der Waals surface area (Å²) < 4.78 is 0. The van der Waals surface area contributed by atoms with Gasteiger partial charge in [-0.2, -0.15) is 0 Å². The quantitative estimate of drug-likeness (QED) is 0.784. The van der Waals surface area contributed by atoms with Crippen LogP contribution in [-0.4, -0.2) is 29.9 Å². The molecule has 1 rings (SSSR count). The molecule has 0 fully saturated rings. The van der Waals surface area contributed by atoms with Crippen LogP contribution in [0.1, 0.15) is 34.8 Å². The van der Waals surface area contributed by atoms with Crippen LogP contribution in [0.4, 0.5) is 0 Å². The molecule has 5 nitrogen and oxygen atoms in total. The minimum atomic E-state index is -0.306. The molecular formula is C11H15N3O2. The predicted molar refractivity (Wildman–Crippen MR) is 60.2 cm³/mol. The number of amides is 2. The van der Waals surface area contributed by atoms with Gasteiger partial charge in [0.1, 0.15) is 11.4 Å². The first-order valence-corrected chi connectivity index (χ1v) is 5.04. The number of rotatable bonds is 3. The molecule has 0 aliphatic carbocycles. The van der Waals surface area contributed by atoms with Gasteiger partial charge in [0.05, 0.1) is 0 Å². The molecule has 0 spiro atoms. The molecule has 0 aliphatic heterocycles. The maximum atomic E-state index is 11.6. The zero-order valence-electron chi connectivity index (χ0n) is 9.57. The van der Waals surface area contributed by atoms with Gasteiger partial charge in [0, 0.05) is 13.1 Å². The van der Waals surface area contributed by atoms with E-state index in [0.29, 0.717) is 0 Å². The zero-order valence-corrected chi connectivity index (χ0v) is 9.57. The Morgan fingerprint density at radius 2 is 1.75 bits per heavy atom. The van der Waals surface area contributed by atoms with Crippen molar-refractivity contribution in [2.45, 2.75) is 19.9 Å². The maximum absolute atomic E-state index is 11.6. The molecule has 0 bridgehead atoms. The SMILES string of the molecule is CNC(=O)c1cccc(C(=O)NC(C)C)n1. The summed E-state index contributed by atoms with van der Waals surface area (Å²) >= 11 is 0. The number of hydrogen-bond acceptors (Lipinski definition) is 3. The van der Waals surface area contributed by atoms with Gasteiger partial charge in [0.15, 0.2) is 0 Å². The highest BCUT2D eigenvalue weighted by atomic mass is 16.2. The molecule has 2 N–H and O–H groups in total. The molecule has 0 saturated heterocycles. The molecule has 2 amide bonds. The summed E-state index contributed by atoms with van der Waals surface area (Å²) in [6.07, 6.45) is 0. The highest BCUT2D eigenvalue weighted by Gasteiger charge is 2.11. The lowest BCUT2D eigenvalue weighted by molar-refractivity contribution is 0.0937. The molecule has 86 valence electrons. The summed E-state index contributed by atoms with van der Waals surface area (Å²) in [5.41, 5.74) is 0.480. The molecule has 16 heavy (non-hydrogen) atoms. The molecule has 1 aromatic heterocycles. The fraction of sp³-hybridized carbons (Fsp3) is 0.364. The highest BCUT2D eigenvalue weighted by Crippen LogP contribution is 2.00. The van der Waals surface area contributed by atoms with E-state index >= 15 is 0 Å². The molecule has 5 heteroatoms. The van der Waals surface area contributed by atoms with Crippen LogP contribution >= 0.6 is 0 Å². The Labute approximate surface area is 94.3 Å². The molecule has 0 saturated carbocycles. The van der Waals surface area contributed by atoms with Gasteiger partial charge in [-0.25, -0.2) is 4.98 Å². The number of pyridine rings is 1. The van der Waals surface area contributed by atoms with Crippen molar-refractivity contribution < 1.29 is 9.59 Å². The Balaban J connectivity index is 2.90. The Morgan fingerprint density at radius 3 is 2.25 bits per heavy atom. The van der Waals surface area contributed by atoms with Gasteiger partial charge >= 0.3 is 0 Å². The summed E-state index contributed by atoms with van der Waals surface area (Å²) in [7, 11) is 1.52. The van der Waals surface area contributed by atoms with E-state index in [1.165, 1.54) is 7.05 Å². The van der Waals surface area contributed by atoms with E-state index < -0.39 is 0 Å². The van der Waals surface area contributed by atoms with E-state index in [4.69, 9.17) is 0 Å². The van der Waals surface area contributed by atoms with Crippen LogP contribution in [0, 0.1) is 0 Å². The molecule has 1 aromatic rings. The van der Waals surface area contributed by atoms with Crippen LogP contribution in [-0.2, 0) is 0 Å². The Bertz CT molecular complexity index is 402. The van der Waals surface area contributed by atoms with Gasteiger partial charge in [0.2, 0.25) is 0 Å². The second-order valence-corrected chi connectivity index (χ2v) is 3.62. The molecule has 1 heterocycles. The number of carbonyl (C=O) groups is 2. The van der Waals surface area contributed by atoms with E-state index in [9.17, 15) is 9.59 Å². The monoisotopic (exact) mass is 221 g/mol. The minimum absolute atomic E-state index is 0.0398. The van der Waals surface area contributed by atoms with Gasteiger partial charge in [-0.05, 0) is 26.0 Å². The van der Waals surface area contributed by atoms with Crippen LogP contribution in [0.15, 0.2) is 18.2 Å². The average Bonchev–Trinajstić information content (AvgIpc) is 2.27. The lowest BCUT2D eigenvalue weighted by Gasteiger charge is -2.08. The van der Waals surface area contributed by atoms with Crippen molar-refractivity contribution in [2.24, 2.45) is 0 Å². The number of hydrogen-bond donors (Lipinski definition) is 2. The lowest BCUT2D eigenvalue weighted by Crippen LogP contribution is -2.31. The van der Waals surface area contributed by atoms with Crippen molar-refractivity contribution >= 4 is 11.8 Å². The molecule has 0 aliphatic rings. The number of nitrogens with one attached hydrogen (secondary N) is 2. The van der Waals surface area contributed by atoms with Gasteiger partial charge in [-0.1, -0.05) is 6.07 Å². The molecular weight excluding hydrogens is 206 g/mol. The standard InChI is InChI=1S/C11H15N3O2/c1-7(2)13-11(16)9-6-4-5-8(14-9)10(15)12-3/h4-7H,1-3H3,(H,12,15)(H,13,16). The molecule has 0 unspecified atom stereocenters. The van der Waals surface area contributed by atoms with Crippen LogP contribution < -0.4 is 10.6 Å². The van der Waals surface area contributed by atoms with Crippen molar-refractivity contribution in [2.75, 3.05) is 7.05 Å². The fourth-order valence-electron chi connectivity index (χ4n) is 1.15. The number of aromatic nitrogens is 1. The summed E-state index contributed by atoms with van der Waals surface area (Å²) in [4.78, 5) is 26.9. The van der Waals surface area contributed by atoms with Crippen LogP contribution in [0.2, 0.25) is 0 Å². The topological polar surface area (TPSA) is 71.1 Å². The third kappa shape index (κ3) is 3.05. The van der Waals surface area contributed by atoms with Crippen LogP contribution in [0.25, 0.3) is 0 Å². The van der Waals surface area contributed by atoms with Gasteiger partial charge in [-0.3, -0.25) is 9.59 Å². The summed E-state index contributed by atoms with van der Waals surface area (Å²) in [5.74, 6) is -0.583. The van der Waals surface area contributed by atoms with Gasteiger partial charge < -0.3 is 10.6 Å². The second kappa shape index (κ2) is 5.25. The fourth-order valence-corrected chi connectivity index (χ4v) is 1.15. The minimum Gasteiger partial charge on any atom is -0.354 e. The highest BCUT2D eigenvalue weighted by molar-refractivity contribution is 5.96. The van der Waals surface area contributed by atoms with Gasteiger partial charge in [-0.15, -0.1) is 0 Å². The summed E-state index contributed by atoms with van der Waals surface area (Å²) in [5, 5.41) is 5.17. The zero-order chi connectivity index (χ0) is 12.1. The largest absolute Gasteiger partial charge is 0.354 e. The lowest BCUT2D eigenvalue weighted by atomic mass is 10.2. The Morgan fingerprint density at radius 1 is 1.19 bits per heavy atom. The second-order valence-electron chi connectivity index (χ2n) is 3.62. The van der Waals surface area contributed by atoms with Crippen molar-refractivity contribution in [3.8, 4) is 0 Å². The summed E-state index contributed by atoms with van der Waals surface area (Å²) in [6.45, 7) is 3.72. The third-order valence-electron chi connectivity index (χ3n) is 1.86. The first kappa shape index (κ1) is 12.2. The Hall–Kier alpha value is -1.91. The van der Waals surface area contributed by atoms with E-state index in [-0.39, 0.29) is 29.2 Å². The summed E-state index contributed by atoms with van der Waals surface area (Å²) in [6, 6.07) is 4.81. The maximum Gasteiger partial charge on any atom is 0.270 e.